The third kappa shape index (κ3) is 3.63. The van der Waals surface area contributed by atoms with Gasteiger partial charge in [0.1, 0.15) is 5.75 Å². The largest absolute Gasteiger partial charge is 0.496 e. The van der Waals surface area contributed by atoms with Gasteiger partial charge < -0.3 is 9.47 Å². The lowest BCUT2D eigenvalue weighted by Gasteiger charge is -2.12. The van der Waals surface area contributed by atoms with Crippen LogP contribution < -0.4 is 4.74 Å². The first kappa shape index (κ1) is 17.0. The number of carbonyl (C=O) groups excluding carboxylic acids is 1. The Balaban J connectivity index is 1.96. The van der Waals surface area contributed by atoms with E-state index in [-0.39, 0.29) is 0 Å². The minimum absolute atomic E-state index is 0.302. The van der Waals surface area contributed by atoms with Gasteiger partial charge in [-0.15, -0.1) is 0 Å². The summed E-state index contributed by atoms with van der Waals surface area (Å²) in [5.74, 6) is 1.07. The number of rotatable bonds is 4. The molecule has 0 spiro atoms. The molecule has 1 heterocycles. The van der Waals surface area contributed by atoms with Crippen LogP contribution in [0.1, 0.15) is 42.0 Å². The number of aryl methyl sites for hydroxylation is 1. The van der Waals surface area contributed by atoms with E-state index >= 15 is 0 Å². The van der Waals surface area contributed by atoms with Gasteiger partial charge in [-0.2, -0.15) is 0 Å². The second kappa shape index (κ2) is 6.93. The Labute approximate surface area is 147 Å². The SMILES string of the molecule is COc1ccc(/C=C2/N=C(c3cccc(C)c3)OC2=O)cc1C(C)C. The number of cyclic esters (lactones) is 1. The van der Waals surface area contributed by atoms with Crippen molar-refractivity contribution in [1.29, 1.82) is 0 Å². The average molecular weight is 335 g/mol. The maximum absolute atomic E-state index is 12.2. The molecule has 1 aliphatic heterocycles. The van der Waals surface area contributed by atoms with Crippen LogP contribution in [0.2, 0.25) is 0 Å². The van der Waals surface area contributed by atoms with Crippen molar-refractivity contribution in [2.75, 3.05) is 7.11 Å². The zero-order valence-electron chi connectivity index (χ0n) is 14.9. The van der Waals surface area contributed by atoms with Crippen molar-refractivity contribution in [2.24, 2.45) is 4.99 Å². The summed E-state index contributed by atoms with van der Waals surface area (Å²) in [6.07, 6.45) is 1.75. The maximum atomic E-state index is 12.2. The number of nitrogens with zero attached hydrogens (tertiary/aromatic N) is 1. The lowest BCUT2D eigenvalue weighted by Crippen LogP contribution is -2.05. The fourth-order valence-electron chi connectivity index (χ4n) is 2.76. The minimum Gasteiger partial charge on any atom is -0.496 e. The number of carbonyl (C=O) groups is 1. The minimum atomic E-state index is -0.432. The van der Waals surface area contributed by atoms with Gasteiger partial charge in [0.2, 0.25) is 5.90 Å². The maximum Gasteiger partial charge on any atom is 0.363 e. The molecule has 0 aliphatic carbocycles. The molecule has 128 valence electrons. The Kier molecular flexibility index (Phi) is 4.70. The van der Waals surface area contributed by atoms with Crippen molar-refractivity contribution in [3.63, 3.8) is 0 Å². The highest BCUT2D eigenvalue weighted by atomic mass is 16.6. The molecule has 0 unspecified atom stereocenters. The highest BCUT2D eigenvalue weighted by Crippen LogP contribution is 2.29. The van der Waals surface area contributed by atoms with Gasteiger partial charge in [-0.1, -0.05) is 37.6 Å². The summed E-state index contributed by atoms with van der Waals surface area (Å²) in [5.41, 5.74) is 4.17. The van der Waals surface area contributed by atoms with Crippen molar-refractivity contribution >= 4 is 17.9 Å². The summed E-state index contributed by atoms with van der Waals surface area (Å²) in [6.45, 7) is 6.20. The van der Waals surface area contributed by atoms with E-state index in [4.69, 9.17) is 9.47 Å². The average Bonchev–Trinajstić information content (AvgIpc) is 2.95. The Morgan fingerprint density at radius 1 is 1.16 bits per heavy atom. The number of hydrogen-bond acceptors (Lipinski definition) is 4. The van der Waals surface area contributed by atoms with Crippen LogP contribution in [0, 0.1) is 6.92 Å². The molecule has 3 rings (SSSR count). The second-order valence-corrected chi connectivity index (χ2v) is 6.36. The smallest absolute Gasteiger partial charge is 0.363 e. The number of esters is 1. The van der Waals surface area contributed by atoms with Crippen molar-refractivity contribution < 1.29 is 14.3 Å². The molecular weight excluding hydrogens is 314 g/mol. The number of hydrogen-bond donors (Lipinski definition) is 0. The van der Waals surface area contributed by atoms with Gasteiger partial charge >= 0.3 is 5.97 Å². The normalized spacial score (nSPS) is 15.5. The van der Waals surface area contributed by atoms with E-state index in [0.717, 1.165) is 28.0 Å². The molecule has 2 aromatic rings. The summed E-state index contributed by atoms with van der Waals surface area (Å²) in [4.78, 5) is 16.5. The van der Waals surface area contributed by atoms with Crippen LogP contribution in [-0.2, 0) is 9.53 Å². The molecule has 0 aromatic heterocycles. The third-order valence-electron chi connectivity index (χ3n) is 4.06. The molecule has 4 heteroatoms. The molecule has 0 radical (unpaired) electrons. The molecule has 0 saturated heterocycles. The molecule has 0 bridgehead atoms. The quantitative estimate of drug-likeness (QED) is 0.612. The van der Waals surface area contributed by atoms with E-state index < -0.39 is 5.97 Å². The first-order chi connectivity index (χ1) is 12.0. The predicted molar refractivity (Wildman–Crippen MR) is 98.9 cm³/mol. The van der Waals surface area contributed by atoms with Crippen molar-refractivity contribution in [3.05, 3.63) is 70.4 Å². The standard InChI is InChI=1S/C21H21NO3/c1-13(2)17-11-15(8-9-19(17)24-4)12-18-21(23)25-20(22-18)16-7-5-6-14(3)10-16/h5-13H,1-4H3/b18-12+. The van der Waals surface area contributed by atoms with E-state index in [1.54, 1.807) is 13.2 Å². The van der Waals surface area contributed by atoms with Gasteiger partial charge in [0.15, 0.2) is 5.70 Å². The summed E-state index contributed by atoms with van der Waals surface area (Å²) in [5, 5.41) is 0. The number of aliphatic imine (C=N–C) groups is 1. The van der Waals surface area contributed by atoms with Gasteiger partial charge in [-0.25, -0.2) is 9.79 Å². The van der Waals surface area contributed by atoms with E-state index in [2.05, 4.69) is 18.8 Å². The number of ether oxygens (including phenoxy) is 2. The molecule has 2 aromatic carbocycles. The highest BCUT2D eigenvalue weighted by Gasteiger charge is 2.24. The molecule has 25 heavy (non-hydrogen) atoms. The topological polar surface area (TPSA) is 47.9 Å². The number of methoxy groups -OCH3 is 1. The van der Waals surface area contributed by atoms with Gasteiger partial charge in [0, 0.05) is 5.56 Å². The summed E-state index contributed by atoms with van der Waals surface area (Å²) in [6, 6.07) is 13.6. The fraction of sp³-hybridized carbons (Fsp3) is 0.238. The van der Waals surface area contributed by atoms with Crippen LogP contribution in [0.5, 0.6) is 5.75 Å². The predicted octanol–water partition coefficient (Wildman–Crippen LogP) is 4.47. The Morgan fingerprint density at radius 2 is 1.96 bits per heavy atom. The van der Waals surface area contributed by atoms with Crippen molar-refractivity contribution in [1.82, 2.24) is 0 Å². The number of benzene rings is 2. The lowest BCUT2D eigenvalue weighted by molar-refractivity contribution is -0.129. The van der Waals surface area contributed by atoms with Crippen LogP contribution >= 0.6 is 0 Å². The van der Waals surface area contributed by atoms with E-state index in [1.807, 2.05) is 49.4 Å². The fourth-order valence-corrected chi connectivity index (χ4v) is 2.76. The van der Waals surface area contributed by atoms with E-state index in [0.29, 0.717) is 17.5 Å². The van der Waals surface area contributed by atoms with Gasteiger partial charge in [0.25, 0.3) is 0 Å². The van der Waals surface area contributed by atoms with Crippen LogP contribution in [0.3, 0.4) is 0 Å². The monoisotopic (exact) mass is 335 g/mol. The summed E-state index contributed by atoms with van der Waals surface area (Å²) >= 11 is 0. The highest BCUT2D eigenvalue weighted by molar-refractivity contribution is 6.12. The first-order valence-electron chi connectivity index (χ1n) is 8.25. The molecule has 0 amide bonds. The lowest BCUT2D eigenvalue weighted by atomic mass is 9.99. The van der Waals surface area contributed by atoms with Crippen molar-refractivity contribution in [3.8, 4) is 5.75 Å². The molecule has 0 atom stereocenters. The van der Waals surface area contributed by atoms with E-state index in [1.165, 1.54) is 0 Å². The first-order valence-corrected chi connectivity index (χ1v) is 8.25. The Morgan fingerprint density at radius 3 is 2.64 bits per heavy atom. The zero-order valence-corrected chi connectivity index (χ0v) is 14.9. The zero-order chi connectivity index (χ0) is 18.0. The molecular formula is C21H21NO3. The van der Waals surface area contributed by atoms with Gasteiger partial charge in [0.05, 0.1) is 7.11 Å². The Hall–Kier alpha value is -2.88. The molecule has 0 N–H and O–H groups in total. The summed E-state index contributed by atoms with van der Waals surface area (Å²) < 4.78 is 10.7. The van der Waals surface area contributed by atoms with Gasteiger partial charge in [-0.3, -0.25) is 0 Å². The molecule has 1 aliphatic rings. The molecule has 0 fully saturated rings. The van der Waals surface area contributed by atoms with Crippen LogP contribution in [0.4, 0.5) is 0 Å². The Bertz CT molecular complexity index is 878. The van der Waals surface area contributed by atoms with E-state index in [9.17, 15) is 4.79 Å². The summed E-state index contributed by atoms with van der Waals surface area (Å²) in [7, 11) is 1.66. The van der Waals surface area contributed by atoms with Gasteiger partial charge in [-0.05, 0) is 54.3 Å². The third-order valence-corrected chi connectivity index (χ3v) is 4.06. The molecule has 0 saturated carbocycles. The van der Waals surface area contributed by atoms with Crippen molar-refractivity contribution in [2.45, 2.75) is 26.7 Å². The second-order valence-electron chi connectivity index (χ2n) is 6.36. The van der Waals surface area contributed by atoms with Crippen LogP contribution in [-0.4, -0.2) is 19.0 Å². The van der Waals surface area contributed by atoms with Crippen LogP contribution in [0.15, 0.2) is 53.2 Å². The molecule has 4 nitrogen and oxygen atoms in total. The van der Waals surface area contributed by atoms with Crippen LogP contribution in [0.25, 0.3) is 6.08 Å².